The van der Waals surface area contributed by atoms with Crippen molar-refractivity contribution in [3.63, 3.8) is 0 Å². The minimum atomic E-state index is 0.351. The van der Waals surface area contributed by atoms with E-state index in [0.29, 0.717) is 12.8 Å². The van der Waals surface area contributed by atoms with Crippen LogP contribution in [-0.2, 0) is 6.54 Å². The molecule has 1 N–H and O–H groups in total. The molecule has 1 atom stereocenters. The van der Waals surface area contributed by atoms with Crippen LogP contribution < -0.4 is 14.8 Å². The zero-order valence-electron chi connectivity index (χ0n) is 10.1. The van der Waals surface area contributed by atoms with Gasteiger partial charge in [-0.1, -0.05) is 6.07 Å². The van der Waals surface area contributed by atoms with Gasteiger partial charge in [0.2, 0.25) is 6.79 Å². The van der Waals surface area contributed by atoms with Gasteiger partial charge in [-0.2, -0.15) is 0 Å². The first-order valence-electron chi connectivity index (χ1n) is 6.15. The maximum atomic E-state index is 5.40. The van der Waals surface area contributed by atoms with Crippen molar-refractivity contribution in [2.24, 2.45) is 0 Å². The van der Waals surface area contributed by atoms with E-state index in [0.717, 1.165) is 37.7 Å². The molecule has 1 aromatic rings. The molecule has 0 aliphatic carbocycles. The van der Waals surface area contributed by atoms with E-state index in [1.165, 1.54) is 5.56 Å². The molecule has 0 radical (unpaired) electrons. The molecule has 4 heteroatoms. The first kappa shape index (κ1) is 10.9. The average Bonchev–Trinajstić information content (AvgIpc) is 2.76. The van der Waals surface area contributed by atoms with Gasteiger partial charge in [-0.25, -0.2) is 0 Å². The first-order chi connectivity index (χ1) is 8.31. The Bertz CT molecular complexity index is 408. The number of piperazine rings is 1. The Balaban J connectivity index is 1.68. The number of fused-ring (bicyclic) bond motifs is 1. The minimum Gasteiger partial charge on any atom is -0.454 e. The van der Waals surface area contributed by atoms with Crippen LogP contribution >= 0.6 is 0 Å². The third kappa shape index (κ3) is 2.37. The molecular weight excluding hydrogens is 216 g/mol. The van der Waals surface area contributed by atoms with Crippen molar-refractivity contribution >= 4 is 0 Å². The molecule has 0 bridgehead atoms. The minimum absolute atomic E-state index is 0.351. The fourth-order valence-corrected chi connectivity index (χ4v) is 2.45. The zero-order chi connectivity index (χ0) is 11.7. The smallest absolute Gasteiger partial charge is 0.231 e. The van der Waals surface area contributed by atoms with Gasteiger partial charge in [-0.3, -0.25) is 4.90 Å². The number of hydrogen-bond donors (Lipinski definition) is 1. The second-order valence-corrected chi connectivity index (χ2v) is 4.78. The molecule has 0 unspecified atom stereocenters. The third-order valence-electron chi connectivity index (χ3n) is 3.30. The number of hydrogen-bond acceptors (Lipinski definition) is 4. The highest BCUT2D eigenvalue weighted by Crippen LogP contribution is 2.32. The van der Waals surface area contributed by atoms with E-state index in [1.54, 1.807) is 0 Å². The molecule has 0 spiro atoms. The molecule has 0 aromatic heterocycles. The Morgan fingerprint density at radius 2 is 2.24 bits per heavy atom. The number of ether oxygens (including phenoxy) is 2. The Hall–Kier alpha value is -1.26. The van der Waals surface area contributed by atoms with E-state index in [2.05, 4.69) is 29.3 Å². The monoisotopic (exact) mass is 234 g/mol. The SMILES string of the molecule is C[C@H]1CN(Cc2ccc3c(c2)OCO3)CCN1. The van der Waals surface area contributed by atoms with Crippen molar-refractivity contribution in [2.75, 3.05) is 26.4 Å². The van der Waals surface area contributed by atoms with Crippen molar-refractivity contribution in [1.82, 2.24) is 10.2 Å². The summed E-state index contributed by atoms with van der Waals surface area (Å²) in [7, 11) is 0. The van der Waals surface area contributed by atoms with Crippen LogP contribution in [0.3, 0.4) is 0 Å². The number of benzene rings is 1. The summed E-state index contributed by atoms with van der Waals surface area (Å²) >= 11 is 0. The summed E-state index contributed by atoms with van der Waals surface area (Å²) in [6.45, 7) is 6.86. The van der Waals surface area contributed by atoms with Crippen molar-refractivity contribution in [3.05, 3.63) is 23.8 Å². The van der Waals surface area contributed by atoms with Crippen LogP contribution in [-0.4, -0.2) is 37.4 Å². The van der Waals surface area contributed by atoms with Crippen molar-refractivity contribution in [2.45, 2.75) is 19.5 Å². The molecule has 2 aliphatic heterocycles. The second-order valence-electron chi connectivity index (χ2n) is 4.78. The lowest BCUT2D eigenvalue weighted by molar-refractivity contribution is 0.173. The van der Waals surface area contributed by atoms with Gasteiger partial charge in [0.15, 0.2) is 11.5 Å². The van der Waals surface area contributed by atoms with Gasteiger partial charge < -0.3 is 14.8 Å². The predicted octanol–water partition coefficient (Wildman–Crippen LogP) is 1.21. The van der Waals surface area contributed by atoms with Crippen LogP contribution in [0.1, 0.15) is 12.5 Å². The van der Waals surface area contributed by atoms with Gasteiger partial charge in [0.1, 0.15) is 0 Å². The quantitative estimate of drug-likeness (QED) is 0.834. The highest BCUT2D eigenvalue weighted by Gasteiger charge is 2.17. The normalized spacial score (nSPS) is 23.9. The zero-order valence-corrected chi connectivity index (χ0v) is 10.1. The Morgan fingerprint density at radius 1 is 1.35 bits per heavy atom. The number of rotatable bonds is 2. The molecule has 2 aliphatic rings. The third-order valence-corrected chi connectivity index (χ3v) is 3.30. The van der Waals surface area contributed by atoms with Crippen LogP contribution in [0.5, 0.6) is 11.5 Å². The van der Waals surface area contributed by atoms with Crippen LogP contribution in [0.15, 0.2) is 18.2 Å². The molecule has 1 saturated heterocycles. The Kier molecular flexibility index (Phi) is 2.91. The van der Waals surface area contributed by atoms with Crippen LogP contribution in [0.2, 0.25) is 0 Å². The molecule has 17 heavy (non-hydrogen) atoms. The van der Waals surface area contributed by atoms with Crippen LogP contribution in [0.25, 0.3) is 0 Å². The van der Waals surface area contributed by atoms with E-state index in [9.17, 15) is 0 Å². The van der Waals surface area contributed by atoms with Gasteiger partial charge in [-0.05, 0) is 24.6 Å². The predicted molar refractivity (Wildman–Crippen MR) is 65.3 cm³/mol. The molecule has 92 valence electrons. The van der Waals surface area contributed by atoms with Crippen LogP contribution in [0, 0.1) is 0 Å². The number of nitrogens with one attached hydrogen (secondary N) is 1. The molecule has 3 rings (SSSR count). The summed E-state index contributed by atoms with van der Waals surface area (Å²) in [5, 5.41) is 3.45. The maximum Gasteiger partial charge on any atom is 0.231 e. The van der Waals surface area contributed by atoms with Gasteiger partial charge in [0.05, 0.1) is 0 Å². The molecule has 1 fully saturated rings. The van der Waals surface area contributed by atoms with Crippen LogP contribution in [0.4, 0.5) is 0 Å². The van der Waals surface area contributed by atoms with Crippen molar-refractivity contribution < 1.29 is 9.47 Å². The molecule has 0 saturated carbocycles. The maximum absolute atomic E-state index is 5.40. The standard InChI is InChI=1S/C13H18N2O2/c1-10-7-15(5-4-14-10)8-11-2-3-12-13(6-11)17-9-16-12/h2-3,6,10,14H,4-5,7-9H2,1H3/t10-/m0/s1. The fourth-order valence-electron chi connectivity index (χ4n) is 2.45. The summed E-state index contributed by atoms with van der Waals surface area (Å²) in [4.78, 5) is 2.47. The van der Waals surface area contributed by atoms with E-state index < -0.39 is 0 Å². The van der Waals surface area contributed by atoms with Crippen molar-refractivity contribution in [1.29, 1.82) is 0 Å². The summed E-state index contributed by atoms with van der Waals surface area (Å²) in [6, 6.07) is 6.80. The molecule has 4 nitrogen and oxygen atoms in total. The van der Waals surface area contributed by atoms with E-state index in [-0.39, 0.29) is 0 Å². The molecule has 1 aromatic carbocycles. The second kappa shape index (κ2) is 4.55. The summed E-state index contributed by atoms with van der Waals surface area (Å²) < 4.78 is 10.7. The average molecular weight is 234 g/mol. The molecule has 2 heterocycles. The summed E-state index contributed by atoms with van der Waals surface area (Å²) in [6.07, 6.45) is 0. The summed E-state index contributed by atoms with van der Waals surface area (Å²) in [5.74, 6) is 1.74. The highest BCUT2D eigenvalue weighted by atomic mass is 16.7. The Morgan fingerprint density at radius 3 is 3.12 bits per heavy atom. The topological polar surface area (TPSA) is 33.7 Å². The van der Waals surface area contributed by atoms with E-state index in [4.69, 9.17) is 9.47 Å². The summed E-state index contributed by atoms with van der Waals surface area (Å²) in [5.41, 5.74) is 1.29. The Labute approximate surface area is 102 Å². The van der Waals surface area contributed by atoms with E-state index in [1.807, 2.05) is 6.07 Å². The molecular formula is C13H18N2O2. The lowest BCUT2D eigenvalue weighted by Crippen LogP contribution is -2.48. The lowest BCUT2D eigenvalue weighted by atomic mass is 10.1. The van der Waals surface area contributed by atoms with Gasteiger partial charge in [0, 0.05) is 32.2 Å². The fraction of sp³-hybridized carbons (Fsp3) is 0.538. The van der Waals surface area contributed by atoms with Gasteiger partial charge in [-0.15, -0.1) is 0 Å². The highest BCUT2D eigenvalue weighted by molar-refractivity contribution is 5.44. The van der Waals surface area contributed by atoms with Gasteiger partial charge >= 0.3 is 0 Å². The lowest BCUT2D eigenvalue weighted by Gasteiger charge is -2.31. The largest absolute Gasteiger partial charge is 0.454 e. The first-order valence-corrected chi connectivity index (χ1v) is 6.15. The molecule has 0 amide bonds. The van der Waals surface area contributed by atoms with Gasteiger partial charge in [0.25, 0.3) is 0 Å². The number of nitrogens with zero attached hydrogens (tertiary/aromatic N) is 1. The van der Waals surface area contributed by atoms with E-state index >= 15 is 0 Å². The van der Waals surface area contributed by atoms with Crippen molar-refractivity contribution in [3.8, 4) is 11.5 Å².